The third-order valence-electron chi connectivity index (χ3n) is 2.97. The van der Waals surface area contributed by atoms with Gasteiger partial charge in [0.2, 0.25) is 0 Å². The molecule has 0 fully saturated rings. The molecule has 0 aliphatic heterocycles. The van der Waals surface area contributed by atoms with Gasteiger partial charge in [-0.1, -0.05) is 31.2 Å². The highest BCUT2D eigenvalue weighted by molar-refractivity contribution is 8.00. The number of nitrogens with zero attached hydrogens (tertiary/aromatic N) is 1. The van der Waals surface area contributed by atoms with Gasteiger partial charge in [-0.15, -0.1) is 11.8 Å². The van der Waals surface area contributed by atoms with E-state index in [0.717, 1.165) is 10.4 Å². The largest absolute Gasteiger partial charge is 0.478 e. The molecule has 0 aliphatic carbocycles. The highest BCUT2D eigenvalue weighted by Crippen LogP contribution is 2.31. The smallest absolute Gasteiger partial charge is 0.337 e. The summed E-state index contributed by atoms with van der Waals surface area (Å²) in [6, 6.07) is 7.29. The molecule has 0 radical (unpaired) electrons. The predicted molar refractivity (Wildman–Crippen MR) is 75.7 cm³/mol. The second-order valence-electron chi connectivity index (χ2n) is 4.39. The number of carboxylic acids is 1. The first-order valence-corrected chi connectivity index (χ1v) is 6.84. The lowest BCUT2D eigenvalue weighted by atomic mass is 10.1. The Morgan fingerprint density at radius 3 is 2.47 bits per heavy atom. The van der Waals surface area contributed by atoms with E-state index in [2.05, 4.69) is 4.98 Å². The van der Waals surface area contributed by atoms with Gasteiger partial charge in [-0.05, 0) is 6.92 Å². The molecule has 19 heavy (non-hydrogen) atoms. The van der Waals surface area contributed by atoms with Crippen molar-refractivity contribution >= 4 is 28.5 Å². The lowest BCUT2D eigenvalue weighted by molar-refractivity contribution is 0.0698. The van der Waals surface area contributed by atoms with Gasteiger partial charge in [0, 0.05) is 22.2 Å². The van der Waals surface area contributed by atoms with Crippen LogP contribution < -0.4 is 0 Å². The molecule has 2 rings (SSSR count). The van der Waals surface area contributed by atoms with Crippen molar-refractivity contribution in [1.29, 1.82) is 0 Å². The van der Waals surface area contributed by atoms with Crippen LogP contribution in [-0.4, -0.2) is 32.5 Å². The Hall–Kier alpha value is -1.59. The van der Waals surface area contributed by atoms with Crippen LogP contribution in [0.4, 0.5) is 0 Å². The van der Waals surface area contributed by atoms with Gasteiger partial charge in [-0.2, -0.15) is 0 Å². The minimum atomic E-state index is -0.983. The van der Waals surface area contributed by atoms with Gasteiger partial charge in [0.05, 0.1) is 11.7 Å². The number of pyridine rings is 1. The zero-order valence-corrected chi connectivity index (χ0v) is 11.5. The van der Waals surface area contributed by atoms with E-state index in [1.807, 2.05) is 19.1 Å². The average molecular weight is 277 g/mol. The Balaban J connectivity index is 2.53. The van der Waals surface area contributed by atoms with E-state index >= 15 is 0 Å². The number of hydrogen-bond acceptors (Lipinski definition) is 4. The molecule has 0 aliphatic rings. The maximum absolute atomic E-state index is 11.2. The maximum atomic E-state index is 11.2. The van der Waals surface area contributed by atoms with Crippen LogP contribution in [0.3, 0.4) is 0 Å². The first-order chi connectivity index (χ1) is 9.00. The lowest BCUT2D eigenvalue weighted by Crippen LogP contribution is -2.15. The molecule has 1 heterocycles. The van der Waals surface area contributed by atoms with Crippen molar-refractivity contribution in [2.75, 3.05) is 0 Å². The van der Waals surface area contributed by atoms with E-state index in [1.165, 1.54) is 18.0 Å². The van der Waals surface area contributed by atoms with E-state index in [-0.39, 0.29) is 10.8 Å². The Labute approximate surface area is 115 Å². The second-order valence-corrected chi connectivity index (χ2v) is 5.76. The molecular formula is C14H15NO3S. The van der Waals surface area contributed by atoms with Crippen LogP contribution in [0.5, 0.6) is 0 Å². The molecule has 5 heteroatoms. The summed E-state index contributed by atoms with van der Waals surface area (Å²) in [4.78, 5) is 15.4. The first-order valence-electron chi connectivity index (χ1n) is 5.96. The molecule has 1 aromatic heterocycles. The SMILES string of the molecule is CC(O)C(C)Sc1ncc(C(=O)O)c2ccccc12. The van der Waals surface area contributed by atoms with E-state index in [9.17, 15) is 9.90 Å². The van der Waals surface area contributed by atoms with Crippen LogP contribution in [0.15, 0.2) is 35.5 Å². The van der Waals surface area contributed by atoms with E-state index in [4.69, 9.17) is 5.11 Å². The summed E-state index contributed by atoms with van der Waals surface area (Å²) in [5.41, 5.74) is 0.199. The summed E-state index contributed by atoms with van der Waals surface area (Å²) < 4.78 is 0. The molecule has 2 unspecified atom stereocenters. The lowest BCUT2D eigenvalue weighted by Gasteiger charge is -2.15. The fourth-order valence-electron chi connectivity index (χ4n) is 1.71. The third kappa shape index (κ3) is 2.88. The van der Waals surface area contributed by atoms with Gasteiger partial charge in [0.25, 0.3) is 0 Å². The molecule has 0 saturated carbocycles. The third-order valence-corrected chi connectivity index (χ3v) is 4.28. The van der Waals surface area contributed by atoms with Crippen molar-refractivity contribution < 1.29 is 15.0 Å². The average Bonchev–Trinajstić information content (AvgIpc) is 2.38. The highest BCUT2D eigenvalue weighted by Gasteiger charge is 2.16. The molecule has 4 nitrogen and oxygen atoms in total. The Morgan fingerprint density at radius 2 is 1.89 bits per heavy atom. The molecule has 100 valence electrons. The summed E-state index contributed by atoms with van der Waals surface area (Å²) in [5, 5.41) is 20.9. The zero-order valence-electron chi connectivity index (χ0n) is 10.7. The summed E-state index contributed by atoms with van der Waals surface area (Å²) in [7, 11) is 0. The number of aliphatic hydroxyl groups is 1. The molecule has 0 spiro atoms. The van der Waals surface area contributed by atoms with Crippen molar-refractivity contribution in [3.63, 3.8) is 0 Å². The monoisotopic (exact) mass is 277 g/mol. The van der Waals surface area contributed by atoms with Crippen LogP contribution in [-0.2, 0) is 0 Å². The van der Waals surface area contributed by atoms with Gasteiger partial charge in [0.1, 0.15) is 5.03 Å². The molecule has 0 saturated heterocycles. The van der Waals surface area contributed by atoms with Gasteiger partial charge < -0.3 is 10.2 Å². The number of benzene rings is 1. The summed E-state index contributed by atoms with van der Waals surface area (Å²) in [5.74, 6) is -0.983. The summed E-state index contributed by atoms with van der Waals surface area (Å²) in [6.07, 6.45) is 0.923. The molecular weight excluding hydrogens is 262 g/mol. The molecule has 0 bridgehead atoms. The quantitative estimate of drug-likeness (QED) is 0.841. The van der Waals surface area contributed by atoms with Crippen LogP contribution >= 0.6 is 11.8 Å². The van der Waals surface area contributed by atoms with Crippen LogP contribution in [0.2, 0.25) is 0 Å². The van der Waals surface area contributed by atoms with Crippen LogP contribution in [0, 0.1) is 0 Å². The van der Waals surface area contributed by atoms with Crippen molar-refractivity contribution in [2.24, 2.45) is 0 Å². The topological polar surface area (TPSA) is 70.4 Å². The number of rotatable bonds is 4. The Kier molecular flexibility index (Phi) is 4.07. The maximum Gasteiger partial charge on any atom is 0.337 e. The van der Waals surface area contributed by atoms with Gasteiger partial charge in [-0.3, -0.25) is 0 Å². The minimum absolute atomic E-state index is 0.00779. The van der Waals surface area contributed by atoms with Gasteiger partial charge >= 0.3 is 5.97 Å². The number of fused-ring (bicyclic) bond motifs is 1. The fraction of sp³-hybridized carbons (Fsp3) is 0.286. The zero-order chi connectivity index (χ0) is 14.0. The van der Waals surface area contributed by atoms with Crippen molar-refractivity contribution in [3.05, 3.63) is 36.0 Å². The molecule has 2 atom stereocenters. The predicted octanol–water partition coefficient (Wildman–Crippen LogP) is 2.79. The van der Waals surface area contributed by atoms with Crippen molar-refractivity contribution in [3.8, 4) is 0 Å². The number of carbonyl (C=O) groups is 1. The van der Waals surface area contributed by atoms with Crippen molar-refractivity contribution in [1.82, 2.24) is 4.98 Å². The number of hydrogen-bond donors (Lipinski definition) is 2. The standard InChI is InChI=1S/C14H15NO3S/c1-8(16)9(2)19-13-11-6-4-3-5-10(11)12(7-15-13)14(17)18/h3-9,16H,1-2H3,(H,17,18). The van der Waals surface area contributed by atoms with Gasteiger partial charge in [-0.25, -0.2) is 9.78 Å². The molecule has 2 aromatic rings. The molecule has 1 aromatic carbocycles. The summed E-state index contributed by atoms with van der Waals surface area (Å²) in [6.45, 7) is 3.64. The van der Waals surface area contributed by atoms with E-state index in [1.54, 1.807) is 19.1 Å². The van der Waals surface area contributed by atoms with E-state index < -0.39 is 12.1 Å². The molecule has 2 N–H and O–H groups in total. The second kappa shape index (κ2) is 5.59. The number of aromatic nitrogens is 1. The normalized spacial score (nSPS) is 14.3. The van der Waals surface area contributed by atoms with Crippen LogP contribution in [0.1, 0.15) is 24.2 Å². The van der Waals surface area contributed by atoms with Crippen LogP contribution in [0.25, 0.3) is 10.8 Å². The number of carboxylic acid groups (broad SMARTS) is 1. The first kappa shape index (κ1) is 13.8. The minimum Gasteiger partial charge on any atom is -0.478 e. The number of thioether (sulfide) groups is 1. The summed E-state index contributed by atoms with van der Waals surface area (Å²) >= 11 is 1.45. The Morgan fingerprint density at radius 1 is 1.26 bits per heavy atom. The number of aliphatic hydroxyl groups excluding tert-OH is 1. The van der Waals surface area contributed by atoms with Gasteiger partial charge in [0.15, 0.2) is 0 Å². The van der Waals surface area contributed by atoms with E-state index in [0.29, 0.717) is 5.39 Å². The Bertz CT molecular complexity index is 613. The fourth-order valence-corrected chi connectivity index (χ4v) is 2.67. The highest BCUT2D eigenvalue weighted by atomic mass is 32.2. The van der Waals surface area contributed by atoms with Crippen molar-refractivity contribution in [2.45, 2.75) is 30.2 Å². The number of aromatic carboxylic acids is 1. The molecule has 0 amide bonds.